The first-order valence-electron chi connectivity index (χ1n) is 8.88. The molecule has 150 valence electrons. The zero-order chi connectivity index (χ0) is 20.2. The summed E-state index contributed by atoms with van der Waals surface area (Å²) in [6.45, 7) is 1.77. The molecule has 2 rings (SSSR count). The van der Waals surface area contributed by atoms with Crippen LogP contribution in [0, 0.1) is 0 Å². The van der Waals surface area contributed by atoms with E-state index in [1.54, 1.807) is 36.2 Å². The molecule has 1 unspecified atom stereocenters. The number of nitrogens with one attached hydrogen (secondary N) is 1. The van der Waals surface area contributed by atoms with Gasteiger partial charge in [-0.2, -0.15) is 0 Å². The van der Waals surface area contributed by atoms with Gasteiger partial charge in [-0.15, -0.1) is 0 Å². The minimum atomic E-state index is -3.46. The summed E-state index contributed by atoms with van der Waals surface area (Å²) in [7, 11) is 3.02. The molecule has 8 nitrogen and oxygen atoms in total. The number of aryl methyl sites for hydroxylation is 1. The summed E-state index contributed by atoms with van der Waals surface area (Å²) in [5, 5.41) is 2.62. The molecule has 1 saturated heterocycles. The number of carbonyl (C=O) groups is 2. The van der Waals surface area contributed by atoms with Gasteiger partial charge in [-0.1, -0.05) is 12.1 Å². The smallest absolute Gasteiger partial charge is 0.243 e. The molecule has 1 aromatic rings. The number of amides is 2. The maximum Gasteiger partial charge on any atom is 0.243 e. The minimum absolute atomic E-state index is 0.0679. The van der Waals surface area contributed by atoms with Crippen LogP contribution in [0.4, 0.5) is 0 Å². The van der Waals surface area contributed by atoms with Crippen molar-refractivity contribution in [2.75, 3.05) is 47.8 Å². The van der Waals surface area contributed by atoms with Crippen LogP contribution in [0.3, 0.4) is 0 Å². The molecule has 0 saturated carbocycles. The third-order valence-electron chi connectivity index (χ3n) is 4.78. The summed E-state index contributed by atoms with van der Waals surface area (Å²) in [6.07, 6.45) is 0.769. The highest BCUT2D eigenvalue weighted by atomic mass is 32.2. The number of likely N-dealkylation sites (N-methyl/N-ethyl adjacent to an activating group) is 2. The van der Waals surface area contributed by atoms with Gasteiger partial charge in [0.15, 0.2) is 0 Å². The number of sulfonamides is 1. The molecule has 2 amide bonds. The Morgan fingerprint density at radius 3 is 2.37 bits per heavy atom. The summed E-state index contributed by atoms with van der Waals surface area (Å²) in [6, 6.07) is 6.08. The lowest BCUT2D eigenvalue weighted by Crippen LogP contribution is -2.59. The highest BCUT2D eigenvalue weighted by Crippen LogP contribution is 2.16. The van der Waals surface area contributed by atoms with Crippen molar-refractivity contribution in [1.82, 2.24) is 19.4 Å². The second-order valence-corrected chi connectivity index (χ2v) is 9.06. The fraction of sp³-hybridized carbons (Fsp3) is 0.556. The zero-order valence-electron chi connectivity index (χ0n) is 16.3. The molecular formula is C18H28N4O4S. The highest BCUT2D eigenvalue weighted by molar-refractivity contribution is 7.89. The maximum atomic E-state index is 12.6. The van der Waals surface area contributed by atoms with E-state index in [1.165, 1.54) is 14.1 Å². The van der Waals surface area contributed by atoms with Crippen molar-refractivity contribution in [3.05, 3.63) is 29.8 Å². The van der Waals surface area contributed by atoms with Crippen LogP contribution in [-0.2, 0) is 26.0 Å². The Bertz CT molecular complexity index is 777. The van der Waals surface area contributed by atoms with Crippen LogP contribution in [0.1, 0.15) is 12.0 Å². The van der Waals surface area contributed by atoms with E-state index in [-0.39, 0.29) is 23.1 Å². The third kappa shape index (κ3) is 5.06. The second kappa shape index (κ2) is 8.81. The van der Waals surface area contributed by atoms with Crippen molar-refractivity contribution < 1.29 is 18.0 Å². The van der Waals surface area contributed by atoms with Gasteiger partial charge >= 0.3 is 0 Å². The first-order chi connectivity index (χ1) is 12.7. The molecule has 0 aliphatic carbocycles. The van der Waals surface area contributed by atoms with E-state index in [2.05, 4.69) is 5.32 Å². The predicted octanol–water partition coefficient (Wildman–Crippen LogP) is -0.242. The van der Waals surface area contributed by atoms with E-state index in [1.807, 2.05) is 11.9 Å². The molecule has 0 bridgehead atoms. The number of rotatable bonds is 6. The Morgan fingerprint density at radius 2 is 1.81 bits per heavy atom. The standard InChI is InChI=1S/C18H28N4O4S/c1-19-18(24)16-13-21(4)11-12-22(16)17(23)10-7-14-5-8-15(9-6-14)27(25,26)20(2)3/h5-6,8-9,16H,7,10-13H2,1-4H3,(H,19,24). The fourth-order valence-electron chi connectivity index (χ4n) is 3.04. The van der Waals surface area contributed by atoms with Crippen molar-refractivity contribution in [1.29, 1.82) is 0 Å². The van der Waals surface area contributed by atoms with E-state index in [9.17, 15) is 18.0 Å². The highest BCUT2D eigenvalue weighted by Gasteiger charge is 2.33. The number of carbonyl (C=O) groups excluding carboxylic acids is 2. The Hall–Kier alpha value is -1.97. The monoisotopic (exact) mass is 396 g/mol. The van der Waals surface area contributed by atoms with Crippen molar-refractivity contribution in [2.45, 2.75) is 23.8 Å². The zero-order valence-corrected chi connectivity index (χ0v) is 17.1. The largest absolute Gasteiger partial charge is 0.357 e. The van der Waals surface area contributed by atoms with Crippen molar-refractivity contribution >= 4 is 21.8 Å². The Kier molecular flexibility index (Phi) is 6.96. The minimum Gasteiger partial charge on any atom is -0.357 e. The molecule has 1 atom stereocenters. The molecular weight excluding hydrogens is 368 g/mol. The molecule has 0 spiro atoms. The van der Waals surface area contributed by atoms with Crippen LogP contribution in [0.5, 0.6) is 0 Å². The topological polar surface area (TPSA) is 90.0 Å². The summed E-state index contributed by atoms with van der Waals surface area (Å²) in [5.74, 6) is -0.227. The lowest BCUT2D eigenvalue weighted by atomic mass is 10.1. The van der Waals surface area contributed by atoms with Gasteiger partial charge < -0.3 is 15.1 Å². The van der Waals surface area contributed by atoms with E-state index >= 15 is 0 Å². The van der Waals surface area contributed by atoms with Crippen LogP contribution in [-0.4, -0.2) is 88.2 Å². The van der Waals surface area contributed by atoms with Crippen molar-refractivity contribution in [3.63, 3.8) is 0 Å². The van der Waals surface area contributed by atoms with Crippen molar-refractivity contribution in [3.8, 4) is 0 Å². The van der Waals surface area contributed by atoms with Gasteiger partial charge in [0, 0.05) is 47.2 Å². The van der Waals surface area contributed by atoms with Gasteiger partial charge in [-0.25, -0.2) is 12.7 Å². The maximum absolute atomic E-state index is 12.6. The molecule has 0 radical (unpaired) electrons. The molecule has 1 fully saturated rings. The normalized spacial score (nSPS) is 18.6. The molecule has 0 aromatic heterocycles. The summed E-state index contributed by atoms with van der Waals surface area (Å²) in [5.41, 5.74) is 0.881. The van der Waals surface area contributed by atoms with Gasteiger partial charge in [-0.05, 0) is 31.2 Å². The molecule has 27 heavy (non-hydrogen) atoms. The summed E-state index contributed by atoms with van der Waals surface area (Å²) in [4.78, 5) is 28.6. The average molecular weight is 397 g/mol. The third-order valence-corrected chi connectivity index (χ3v) is 6.61. The first-order valence-corrected chi connectivity index (χ1v) is 10.3. The van der Waals surface area contributed by atoms with Gasteiger partial charge in [0.2, 0.25) is 21.8 Å². The number of hydrogen-bond donors (Lipinski definition) is 1. The number of benzene rings is 1. The quantitative estimate of drug-likeness (QED) is 0.717. The van der Waals surface area contributed by atoms with Crippen LogP contribution >= 0.6 is 0 Å². The molecule has 1 heterocycles. The van der Waals surface area contributed by atoms with E-state index in [4.69, 9.17) is 0 Å². The van der Waals surface area contributed by atoms with Gasteiger partial charge in [0.1, 0.15) is 6.04 Å². The SMILES string of the molecule is CNC(=O)C1CN(C)CCN1C(=O)CCc1ccc(S(=O)(=O)N(C)C)cc1. The number of piperazine rings is 1. The molecule has 1 aliphatic rings. The van der Waals surface area contributed by atoms with Crippen LogP contribution < -0.4 is 5.32 Å². The Labute approximate surface area is 161 Å². The summed E-state index contributed by atoms with van der Waals surface area (Å²) < 4.78 is 25.4. The van der Waals surface area contributed by atoms with E-state index < -0.39 is 16.1 Å². The summed E-state index contributed by atoms with van der Waals surface area (Å²) >= 11 is 0. The van der Waals surface area contributed by atoms with Crippen LogP contribution in [0.25, 0.3) is 0 Å². The van der Waals surface area contributed by atoms with Gasteiger partial charge in [0.05, 0.1) is 4.90 Å². The second-order valence-electron chi connectivity index (χ2n) is 6.91. The Balaban J connectivity index is 2.01. The predicted molar refractivity (Wildman–Crippen MR) is 103 cm³/mol. The Morgan fingerprint density at radius 1 is 1.19 bits per heavy atom. The van der Waals surface area contributed by atoms with Gasteiger partial charge in [-0.3, -0.25) is 9.59 Å². The number of hydrogen-bond acceptors (Lipinski definition) is 5. The van der Waals surface area contributed by atoms with Crippen molar-refractivity contribution in [2.24, 2.45) is 0 Å². The van der Waals surface area contributed by atoms with Crippen LogP contribution in [0.15, 0.2) is 29.2 Å². The van der Waals surface area contributed by atoms with Crippen LogP contribution in [0.2, 0.25) is 0 Å². The lowest BCUT2D eigenvalue weighted by Gasteiger charge is -2.39. The van der Waals surface area contributed by atoms with Gasteiger partial charge in [0.25, 0.3) is 0 Å². The van der Waals surface area contributed by atoms with E-state index in [0.717, 1.165) is 16.4 Å². The molecule has 1 N–H and O–H groups in total. The average Bonchev–Trinajstić information content (AvgIpc) is 2.65. The first kappa shape index (κ1) is 21.3. The lowest BCUT2D eigenvalue weighted by molar-refractivity contribution is -0.143. The number of nitrogens with zero attached hydrogens (tertiary/aromatic N) is 3. The fourth-order valence-corrected chi connectivity index (χ4v) is 3.94. The molecule has 9 heteroatoms. The molecule has 1 aromatic carbocycles. The van der Waals surface area contributed by atoms with E-state index in [0.29, 0.717) is 19.5 Å². The molecule has 1 aliphatic heterocycles.